The average Bonchev–Trinajstić information content (AvgIpc) is 2.47. The van der Waals surface area contributed by atoms with Crippen molar-refractivity contribution in [1.82, 2.24) is 0 Å². The van der Waals surface area contributed by atoms with Crippen LogP contribution in [0.3, 0.4) is 0 Å². The normalized spacial score (nSPS) is 10.2. The summed E-state index contributed by atoms with van der Waals surface area (Å²) in [7, 11) is 0. The van der Waals surface area contributed by atoms with Crippen molar-refractivity contribution < 1.29 is 14.3 Å². The number of ether oxygens (including phenoxy) is 2. The maximum absolute atomic E-state index is 12.2. The Balaban J connectivity index is 2.16. The Morgan fingerprint density at radius 2 is 1.95 bits per heavy atom. The maximum atomic E-state index is 12.2. The summed E-state index contributed by atoms with van der Waals surface area (Å²) in [4.78, 5) is 12.2. The predicted molar refractivity (Wildman–Crippen MR) is 82.6 cm³/mol. The molecule has 0 spiro atoms. The van der Waals surface area contributed by atoms with Crippen molar-refractivity contribution in [3.05, 3.63) is 58.6 Å². The van der Waals surface area contributed by atoms with Gasteiger partial charge in [0.15, 0.2) is 0 Å². The zero-order valence-electron chi connectivity index (χ0n) is 11.6. The highest BCUT2D eigenvalue weighted by Gasteiger charge is 2.18. The molecular formula is C16H16ClNO3. The molecular weight excluding hydrogens is 290 g/mol. The van der Waals surface area contributed by atoms with Crippen LogP contribution in [0.25, 0.3) is 0 Å². The molecule has 2 aromatic carbocycles. The fourth-order valence-electron chi connectivity index (χ4n) is 1.87. The summed E-state index contributed by atoms with van der Waals surface area (Å²) in [6.07, 6.45) is 0. The number of halogens is 1. The first-order valence-corrected chi connectivity index (χ1v) is 6.93. The molecule has 5 heteroatoms. The van der Waals surface area contributed by atoms with Crippen molar-refractivity contribution in [2.24, 2.45) is 0 Å². The summed E-state index contributed by atoms with van der Waals surface area (Å²) in [5, 5.41) is 0.552. The summed E-state index contributed by atoms with van der Waals surface area (Å²) in [5.74, 6) is -0.113. The fourth-order valence-corrected chi connectivity index (χ4v) is 2.06. The molecule has 0 fully saturated rings. The van der Waals surface area contributed by atoms with Crippen molar-refractivity contribution in [3.8, 4) is 5.75 Å². The van der Waals surface area contributed by atoms with Crippen LogP contribution in [0.1, 0.15) is 22.8 Å². The Labute approximate surface area is 128 Å². The highest BCUT2D eigenvalue weighted by atomic mass is 35.5. The van der Waals surface area contributed by atoms with Gasteiger partial charge in [0.05, 0.1) is 6.61 Å². The molecule has 2 N–H and O–H groups in total. The van der Waals surface area contributed by atoms with Crippen LogP contribution in [0.5, 0.6) is 5.75 Å². The van der Waals surface area contributed by atoms with Gasteiger partial charge in [0, 0.05) is 16.3 Å². The third-order valence-corrected chi connectivity index (χ3v) is 3.25. The molecule has 0 aliphatic rings. The van der Waals surface area contributed by atoms with Gasteiger partial charge in [-0.05, 0) is 25.1 Å². The molecule has 0 aromatic heterocycles. The Hall–Kier alpha value is -2.20. The van der Waals surface area contributed by atoms with E-state index >= 15 is 0 Å². The lowest BCUT2D eigenvalue weighted by atomic mass is 10.1. The molecule has 0 aliphatic heterocycles. The highest BCUT2D eigenvalue weighted by molar-refractivity contribution is 6.31. The standard InChI is InChI=1S/C16H16ClNO3/c1-2-20-14-9-5-8-13(18)15(14)16(19)21-10-11-6-3-4-7-12(11)17/h3-9H,2,10,18H2,1H3. The van der Waals surface area contributed by atoms with E-state index in [0.717, 1.165) is 5.56 Å². The Morgan fingerprint density at radius 3 is 2.67 bits per heavy atom. The van der Waals surface area contributed by atoms with E-state index in [1.165, 1.54) is 0 Å². The average molecular weight is 306 g/mol. The maximum Gasteiger partial charge on any atom is 0.344 e. The second-order valence-corrected chi connectivity index (χ2v) is 4.73. The number of carbonyl (C=O) groups excluding carboxylic acids is 1. The predicted octanol–water partition coefficient (Wildman–Crippen LogP) is 3.68. The van der Waals surface area contributed by atoms with Crippen molar-refractivity contribution in [3.63, 3.8) is 0 Å². The number of carbonyl (C=O) groups is 1. The summed E-state index contributed by atoms with van der Waals surface area (Å²) < 4.78 is 10.7. The number of hydrogen-bond donors (Lipinski definition) is 1. The SMILES string of the molecule is CCOc1cccc(N)c1C(=O)OCc1ccccc1Cl. The summed E-state index contributed by atoms with van der Waals surface area (Å²) in [6, 6.07) is 12.2. The number of benzene rings is 2. The van der Waals surface area contributed by atoms with Crippen LogP contribution in [0.2, 0.25) is 5.02 Å². The van der Waals surface area contributed by atoms with Gasteiger partial charge < -0.3 is 15.2 Å². The lowest BCUT2D eigenvalue weighted by molar-refractivity contribution is 0.0470. The van der Waals surface area contributed by atoms with E-state index in [1.807, 2.05) is 19.1 Å². The molecule has 0 heterocycles. The van der Waals surface area contributed by atoms with E-state index in [1.54, 1.807) is 30.3 Å². The minimum absolute atomic E-state index is 0.0818. The molecule has 0 amide bonds. The molecule has 0 radical (unpaired) electrons. The van der Waals surface area contributed by atoms with Gasteiger partial charge in [-0.15, -0.1) is 0 Å². The molecule has 2 aromatic rings. The highest BCUT2D eigenvalue weighted by Crippen LogP contribution is 2.26. The smallest absolute Gasteiger partial charge is 0.344 e. The van der Waals surface area contributed by atoms with Gasteiger partial charge in [0.2, 0.25) is 0 Å². The number of nitrogen functional groups attached to an aromatic ring is 1. The molecule has 4 nitrogen and oxygen atoms in total. The third-order valence-electron chi connectivity index (χ3n) is 2.88. The first kappa shape index (κ1) is 15.2. The van der Waals surface area contributed by atoms with Crippen molar-refractivity contribution in [2.75, 3.05) is 12.3 Å². The molecule has 110 valence electrons. The Kier molecular flexibility index (Phi) is 5.06. The van der Waals surface area contributed by atoms with E-state index in [2.05, 4.69) is 0 Å². The molecule has 2 rings (SSSR count). The number of nitrogens with two attached hydrogens (primary N) is 1. The van der Waals surface area contributed by atoms with Crippen molar-refractivity contribution >= 4 is 23.3 Å². The molecule has 0 bridgehead atoms. The van der Waals surface area contributed by atoms with Gasteiger partial charge in [-0.25, -0.2) is 4.79 Å². The number of anilines is 1. The lowest BCUT2D eigenvalue weighted by Crippen LogP contribution is -2.11. The van der Waals surface area contributed by atoms with Crippen LogP contribution in [-0.2, 0) is 11.3 Å². The van der Waals surface area contributed by atoms with Crippen LogP contribution in [-0.4, -0.2) is 12.6 Å². The van der Waals surface area contributed by atoms with Gasteiger partial charge in [-0.3, -0.25) is 0 Å². The van der Waals surface area contributed by atoms with E-state index in [-0.39, 0.29) is 12.2 Å². The van der Waals surface area contributed by atoms with Gasteiger partial charge in [0.1, 0.15) is 17.9 Å². The van der Waals surface area contributed by atoms with E-state index in [4.69, 9.17) is 26.8 Å². The zero-order valence-corrected chi connectivity index (χ0v) is 12.4. The van der Waals surface area contributed by atoms with Crippen LogP contribution >= 0.6 is 11.6 Å². The third kappa shape index (κ3) is 3.67. The van der Waals surface area contributed by atoms with E-state index < -0.39 is 5.97 Å². The summed E-state index contributed by atoms with van der Waals surface area (Å²) >= 11 is 6.03. The second kappa shape index (κ2) is 6.99. The largest absolute Gasteiger partial charge is 0.493 e. The molecule has 0 unspecified atom stereocenters. The van der Waals surface area contributed by atoms with Gasteiger partial charge in [0.25, 0.3) is 0 Å². The minimum atomic E-state index is -0.531. The fraction of sp³-hybridized carbons (Fsp3) is 0.188. The first-order valence-electron chi connectivity index (χ1n) is 6.55. The van der Waals surface area contributed by atoms with E-state index in [0.29, 0.717) is 23.1 Å². The van der Waals surface area contributed by atoms with Crippen LogP contribution < -0.4 is 10.5 Å². The molecule has 21 heavy (non-hydrogen) atoms. The van der Waals surface area contributed by atoms with Gasteiger partial charge in [-0.1, -0.05) is 35.9 Å². The molecule has 0 atom stereocenters. The molecule has 0 saturated carbocycles. The Bertz CT molecular complexity index is 643. The number of rotatable bonds is 5. The van der Waals surface area contributed by atoms with Crippen LogP contribution in [0, 0.1) is 0 Å². The Morgan fingerprint density at radius 1 is 1.19 bits per heavy atom. The quantitative estimate of drug-likeness (QED) is 0.676. The summed E-state index contributed by atoms with van der Waals surface area (Å²) in [6.45, 7) is 2.36. The summed E-state index contributed by atoms with van der Waals surface area (Å²) in [5.41, 5.74) is 7.15. The van der Waals surface area contributed by atoms with Crippen LogP contribution in [0.4, 0.5) is 5.69 Å². The number of esters is 1. The van der Waals surface area contributed by atoms with Crippen molar-refractivity contribution in [2.45, 2.75) is 13.5 Å². The minimum Gasteiger partial charge on any atom is -0.493 e. The molecule has 0 aliphatic carbocycles. The topological polar surface area (TPSA) is 61.5 Å². The van der Waals surface area contributed by atoms with Gasteiger partial charge in [-0.2, -0.15) is 0 Å². The number of hydrogen-bond acceptors (Lipinski definition) is 4. The second-order valence-electron chi connectivity index (χ2n) is 4.32. The van der Waals surface area contributed by atoms with Gasteiger partial charge >= 0.3 is 5.97 Å². The lowest BCUT2D eigenvalue weighted by Gasteiger charge is -2.12. The van der Waals surface area contributed by atoms with E-state index in [9.17, 15) is 4.79 Å². The monoisotopic (exact) mass is 305 g/mol. The first-order chi connectivity index (χ1) is 10.1. The van der Waals surface area contributed by atoms with Crippen molar-refractivity contribution in [1.29, 1.82) is 0 Å². The van der Waals surface area contributed by atoms with Crippen LogP contribution in [0.15, 0.2) is 42.5 Å². The molecule has 0 saturated heterocycles. The zero-order chi connectivity index (χ0) is 15.2.